The fourth-order valence-corrected chi connectivity index (χ4v) is 4.72. The highest BCUT2D eigenvalue weighted by atomic mass is 32.2. The number of aromatic nitrogens is 1. The summed E-state index contributed by atoms with van der Waals surface area (Å²) in [6.07, 6.45) is 0. The van der Waals surface area contributed by atoms with E-state index in [1.807, 2.05) is 30.3 Å². The zero-order chi connectivity index (χ0) is 18.4. The van der Waals surface area contributed by atoms with Gasteiger partial charge in [-0.05, 0) is 28.8 Å². The highest BCUT2D eigenvalue weighted by Gasteiger charge is 2.24. The van der Waals surface area contributed by atoms with Crippen LogP contribution >= 0.6 is 11.8 Å². The van der Waals surface area contributed by atoms with E-state index in [-0.39, 0.29) is 10.6 Å². The van der Waals surface area contributed by atoms with Gasteiger partial charge in [0.25, 0.3) is 5.69 Å². The van der Waals surface area contributed by atoms with E-state index in [0.29, 0.717) is 0 Å². The SMILES string of the molecule is O=[N+]([O-])c1ccc2nc3c(c(-c4ccccc4)c2c1)CSc1ccccc1-3. The lowest BCUT2D eigenvalue weighted by atomic mass is 9.92. The second-order valence-corrected chi connectivity index (χ2v) is 7.44. The monoisotopic (exact) mass is 370 g/mol. The molecule has 5 rings (SSSR count). The summed E-state index contributed by atoms with van der Waals surface area (Å²) in [4.78, 5) is 17.1. The highest BCUT2D eigenvalue weighted by Crippen LogP contribution is 2.46. The maximum atomic E-state index is 11.3. The molecular formula is C22H14N2O2S. The van der Waals surface area contributed by atoms with E-state index >= 15 is 0 Å². The van der Waals surface area contributed by atoms with Gasteiger partial charge in [0, 0.05) is 33.7 Å². The van der Waals surface area contributed by atoms with Crippen LogP contribution in [0.15, 0.2) is 77.7 Å². The van der Waals surface area contributed by atoms with E-state index < -0.39 is 0 Å². The topological polar surface area (TPSA) is 56.0 Å². The van der Waals surface area contributed by atoms with Crippen LogP contribution in [-0.4, -0.2) is 9.91 Å². The first-order valence-corrected chi connectivity index (χ1v) is 9.59. The number of fused-ring (bicyclic) bond motifs is 4. The molecule has 0 N–H and O–H groups in total. The predicted octanol–water partition coefficient (Wildman–Crippen LogP) is 6.08. The molecule has 4 aromatic rings. The van der Waals surface area contributed by atoms with Gasteiger partial charge in [0.2, 0.25) is 0 Å². The highest BCUT2D eigenvalue weighted by molar-refractivity contribution is 7.98. The number of hydrogen-bond donors (Lipinski definition) is 0. The van der Waals surface area contributed by atoms with Gasteiger partial charge in [-0.25, -0.2) is 4.98 Å². The molecular weight excluding hydrogens is 356 g/mol. The average molecular weight is 370 g/mol. The largest absolute Gasteiger partial charge is 0.270 e. The van der Waals surface area contributed by atoms with Gasteiger partial charge in [0.05, 0.1) is 16.1 Å². The molecule has 0 atom stereocenters. The van der Waals surface area contributed by atoms with Crippen molar-refractivity contribution in [1.29, 1.82) is 0 Å². The Balaban J connectivity index is 1.91. The maximum Gasteiger partial charge on any atom is 0.270 e. The van der Waals surface area contributed by atoms with Gasteiger partial charge in [-0.1, -0.05) is 48.5 Å². The quantitative estimate of drug-likeness (QED) is 0.317. The number of hydrogen-bond acceptors (Lipinski definition) is 4. The number of nitrogens with zero attached hydrogens (tertiary/aromatic N) is 2. The molecule has 0 unspecified atom stereocenters. The third-order valence-electron chi connectivity index (χ3n) is 4.86. The van der Waals surface area contributed by atoms with Gasteiger partial charge in [0.1, 0.15) is 0 Å². The van der Waals surface area contributed by atoms with Crippen molar-refractivity contribution in [2.75, 3.05) is 0 Å². The van der Waals surface area contributed by atoms with E-state index in [1.165, 1.54) is 11.0 Å². The molecule has 1 aliphatic heterocycles. The van der Waals surface area contributed by atoms with Crippen LogP contribution in [0.3, 0.4) is 0 Å². The lowest BCUT2D eigenvalue weighted by Crippen LogP contribution is -2.03. The molecule has 0 saturated heterocycles. The molecule has 0 radical (unpaired) electrons. The average Bonchev–Trinajstić information content (AvgIpc) is 2.72. The summed E-state index contributed by atoms with van der Waals surface area (Å²) < 4.78 is 0. The first-order chi connectivity index (χ1) is 13.2. The van der Waals surface area contributed by atoms with Gasteiger partial charge in [0.15, 0.2) is 0 Å². The Morgan fingerprint density at radius 1 is 0.963 bits per heavy atom. The van der Waals surface area contributed by atoms with Gasteiger partial charge in [-0.2, -0.15) is 0 Å². The van der Waals surface area contributed by atoms with E-state index in [9.17, 15) is 10.1 Å². The van der Waals surface area contributed by atoms with Crippen molar-refractivity contribution in [3.63, 3.8) is 0 Å². The first kappa shape index (κ1) is 16.0. The molecule has 1 aromatic heterocycles. The molecule has 2 heterocycles. The zero-order valence-electron chi connectivity index (χ0n) is 14.3. The third kappa shape index (κ3) is 2.59. The smallest absolute Gasteiger partial charge is 0.258 e. The minimum atomic E-state index is -0.349. The van der Waals surface area contributed by atoms with Gasteiger partial charge in [-0.3, -0.25) is 10.1 Å². The molecule has 5 heteroatoms. The number of benzene rings is 3. The van der Waals surface area contributed by atoms with Crippen molar-refractivity contribution in [3.05, 3.63) is 88.5 Å². The number of nitro groups is 1. The summed E-state index contributed by atoms with van der Waals surface area (Å²) in [5, 5.41) is 12.2. The Bertz CT molecular complexity index is 1210. The molecule has 3 aromatic carbocycles. The number of rotatable bonds is 2. The Morgan fingerprint density at radius 2 is 1.74 bits per heavy atom. The Morgan fingerprint density at radius 3 is 2.56 bits per heavy atom. The molecule has 0 bridgehead atoms. The second kappa shape index (κ2) is 6.21. The maximum absolute atomic E-state index is 11.3. The summed E-state index contributed by atoms with van der Waals surface area (Å²) in [5.41, 5.74) is 6.21. The van der Waals surface area contributed by atoms with Crippen LogP contribution in [0.5, 0.6) is 0 Å². The van der Waals surface area contributed by atoms with Crippen LogP contribution in [0.1, 0.15) is 5.56 Å². The molecule has 130 valence electrons. The normalized spacial score (nSPS) is 12.4. The van der Waals surface area contributed by atoms with Crippen molar-refractivity contribution in [3.8, 4) is 22.4 Å². The summed E-state index contributed by atoms with van der Waals surface area (Å²) in [7, 11) is 0. The van der Waals surface area contributed by atoms with E-state index in [1.54, 1.807) is 23.9 Å². The minimum absolute atomic E-state index is 0.0882. The molecule has 0 aliphatic carbocycles. The number of non-ortho nitro benzene ring substituents is 1. The Hall–Kier alpha value is -3.18. The predicted molar refractivity (Wildman–Crippen MR) is 109 cm³/mol. The third-order valence-corrected chi connectivity index (χ3v) is 5.96. The first-order valence-electron chi connectivity index (χ1n) is 8.61. The van der Waals surface area contributed by atoms with Crippen molar-refractivity contribution >= 4 is 28.4 Å². The number of thioether (sulfide) groups is 1. The summed E-state index contributed by atoms with van der Waals surface area (Å²) in [5.74, 6) is 0.794. The standard InChI is InChI=1S/C22H14N2O2S/c25-24(26)15-10-11-19-17(12-15)21(14-6-2-1-3-7-14)18-13-27-20-9-5-4-8-16(20)22(18)23-19/h1-12H,13H2. The molecule has 4 nitrogen and oxygen atoms in total. The van der Waals surface area contributed by atoms with Crippen LogP contribution in [0.25, 0.3) is 33.3 Å². The summed E-state index contributed by atoms with van der Waals surface area (Å²) in [6.45, 7) is 0. The van der Waals surface area contributed by atoms with Crippen LogP contribution in [0.2, 0.25) is 0 Å². The van der Waals surface area contributed by atoms with Gasteiger partial charge in [-0.15, -0.1) is 11.8 Å². The molecule has 1 aliphatic rings. The van der Waals surface area contributed by atoms with Crippen LogP contribution < -0.4 is 0 Å². The van der Waals surface area contributed by atoms with Crippen molar-refractivity contribution < 1.29 is 4.92 Å². The Kier molecular flexibility index (Phi) is 3.69. The molecule has 27 heavy (non-hydrogen) atoms. The molecule has 0 spiro atoms. The lowest BCUT2D eigenvalue weighted by molar-refractivity contribution is -0.384. The number of pyridine rings is 1. The van der Waals surface area contributed by atoms with Crippen LogP contribution in [-0.2, 0) is 5.75 Å². The van der Waals surface area contributed by atoms with Crippen molar-refractivity contribution in [2.24, 2.45) is 0 Å². The van der Waals surface area contributed by atoms with E-state index in [4.69, 9.17) is 4.98 Å². The molecule has 0 fully saturated rings. The minimum Gasteiger partial charge on any atom is -0.258 e. The van der Waals surface area contributed by atoms with Crippen LogP contribution in [0.4, 0.5) is 5.69 Å². The van der Waals surface area contributed by atoms with E-state index in [0.717, 1.165) is 44.6 Å². The van der Waals surface area contributed by atoms with E-state index in [2.05, 4.69) is 24.3 Å². The van der Waals surface area contributed by atoms with Gasteiger partial charge >= 0.3 is 0 Å². The van der Waals surface area contributed by atoms with Gasteiger partial charge < -0.3 is 0 Å². The van der Waals surface area contributed by atoms with Crippen molar-refractivity contribution in [1.82, 2.24) is 4.98 Å². The van der Waals surface area contributed by atoms with Crippen LogP contribution in [0, 0.1) is 10.1 Å². The number of nitro benzene ring substituents is 1. The summed E-state index contributed by atoms with van der Waals surface area (Å²) >= 11 is 1.79. The fourth-order valence-electron chi connectivity index (χ4n) is 3.64. The Labute approximate surface area is 160 Å². The summed E-state index contributed by atoms with van der Waals surface area (Å²) in [6, 6.07) is 23.3. The second-order valence-electron chi connectivity index (χ2n) is 6.42. The molecule has 0 saturated carbocycles. The molecule has 0 amide bonds. The lowest BCUT2D eigenvalue weighted by Gasteiger charge is -2.23. The van der Waals surface area contributed by atoms with Crippen molar-refractivity contribution in [2.45, 2.75) is 10.6 Å². The fraction of sp³-hybridized carbons (Fsp3) is 0.0455. The zero-order valence-corrected chi connectivity index (χ0v) is 15.1.